The SMILES string of the molecule is CC(C)=C[C@@H]1Oc2c(O)c(C(C)C)cc3ccc(C)c(c23)C1=O. The average Bonchev–Trinajstić information content (AvgIpc) is 2.47. The highest BCUT2D eigenvalue weighted by molar-refractivity contribution is 6.16. The smallest absolute Gasteiger partial charge is 0.208 e. The molecule has 3 heteroatoms. The predicted molar refractivity (Wildman–Crippen MR) is 92.6 cm³/mol. The highest BCUT2D eigenvalue weighted by Gasteiger charge is 2.33. The lowest BCUT2D eigenvalue weighted by atomic mass is 9.88. The third-order valence-electron chi connectivity index (χ3n) is 4.33. The van der Waals surface area contributed by atoms with E-state index in [9.17, 15) is 9.90 Å². The maximum Gasteiger partial charge on any atom is 0.208 e. The number of hydrogen-bond donors (Lipinski definition) is 1. The molecule has 1 heterocycles. The largest absolute Gasteiger partial charge is 0.504 e. The first-order valence-electron chi connectivity index (χ1n) is 7.96. The van der Waals surface area contributed by atoms with Crippen molar-refractivity contribution in [2.75, 3.05) is 0 Å². The second-order valence-corrected chi connectivity index (χ2v) is 6.80. The van der Waals surface area contributed by atoms with Gasteiger partial charge in [0.15, 0.2) is 17.6 Å². The fourth-order valence-corrected chi connectivity index (χ4v) is 3.18. The van der Waals surface area contributed by atoms with E-state index in [2.05, 4.69) is 0 Å². The van der Waals surface area contributed by atoms with Crippen LogP contribution in [0.5, 0.6) is 11.5 Å². The van der Waals surface area contributed by atoms with E-state index in [1.807, 2.05) is 58.9 Å². The van der Waals surface area contributed by atoms with Crippen molar-refractivity contribution in [2.45, 2.75) is 46.6 Å². The summed E-state index contributed by atoms with van der Waals surface area (Å²) in [6.07, 6.45) is 1.13. The molecule has 0 bridgehead atoms. The summed E-state index contributed by atoms with van der Waals surface area (Å²) in [7, 11) is 0. The van der Waals surface area contributed by atoms with Gasteiger partial charge >= 0.3 is 0 Å². The van der Waals surface area contributed by atoms with Crippen molar-refractivity contribution >= 4 is 16.6 Å². The molecule has 0 radical (unpaired) electrons. The number of ketones is 1. The molecule has 1 N–H and O–H groups in total. The number of rotatable bonds is 2. The van der Waals surface area contributed by atoms with Crippen LogP contribution >= 0.6 is 0 Å². The highest BCUT2D eigenvalue weighted by atomic mass is 16.5. The Morgan fingerprint density at radius 1 is 1.30 bits per heavy atom. The van der Waals surface area contributed by atoms with Gasteiger partial charge in [0, 0.05) is 16.5 Å². The van der Waals surface area contributed by atoms with Crippen molar-refractivity contribution in [1.29, 1.82) is 0 Å². The van der Waals surface area contributed by atoms with Crippen LogP contribution in [0, 0.1) is 6.92 Å². The summed E-state index contributed by atoms with van der Waals surface area (Å²) < 4.78 is 5.93. The Hall–Kier alpha value is -2.29. The minimum absolute atomic E-state index is 0.0431. The number of allylic oxidation sites excluding steroid dienone is 1. The van der Waals surface area contributed by atoms with Crippen molar-refractivity contribution in [3.8, 4) is 11.5 Å². The zero-order chi connectivity index (χ0) is 16.9. The Kier molecular flexibility index (Phi) is 3.67. The standard InChI is InChI=1S/C20H22O3/c1-10(2)8-15-19(22)16-12(5)6-7-13-9-14(11(3)4)18(21)20(23-15)17(13)16/h6-9,11,15,21H,1-5H3/t15-/m0/s1. The molecular weight excluding hydrogens is 288 g/mol. The van der Waals surface area contributed by atoms with E-state index < -0.39 is 6.10 Å². The van der Waals surface area contributed by atoms with Gasteiger partial charge in [-0.1, -0.05) is 31.6 Å². The maximum atomic E-state index is 12.8. The summed E-state index contributed by atoms with van der Waals surface area (Å²) >= 11 is 0. The van der Waals surface area contributed by atoms with E-state index in [0.29, 0.717) is 11.3 Å². The third-order valence-corrected chi connectivity index (χ3v) is 4.33. The summed E-state index contributed by atoms with van der Waals surface area (Å²) in [4.78, 5) is 12.8. The summed E-state index contributed by atoms with van der Waals surface area (Å²) in [5.74, 6) is 0.716. The van der Waals surface area contributed by atoms with E-state index >= 15 is 0 Å². The van der Waals surface area contributed by atoms with E-state index in [0.717, 1.165) is 27.5 Å². The zero-order valence-corrected chi connectivity index (χ0v) is 14.2. The van der Waals surface area contributed by atoms with Crippen LogP contribution in [0.25, 0.3) is 10.8 Å². The first-order valence-corrected chi connectivity index (χ1v) is 7.96. The first-order chi connectivity index (χ1) is 10.8. The van der Waals surface area contributed by atoms with Crippen molar-refractivity contribution in [3.05, 3.63) is 46.5 Å². The normalized spacial score (nSPS) is 16.6. The molecule has 3 rings (SSSR count). The summed E-state index contributed by atoms with van der Waals surface area (Å²) in [6.45, 7) is 9.86. The molecule has 0 fully saturated rings. The monoisotopic (exact) mass is 310 g/mol. The minimum atomic E-state index is -0.676. The number of phenolic OH excluding ortho intramolecular Hbond substituents is 1. The first kappa shape index (κ1) is 15.6. The maximum absolute atomic E-state index is 12.8. The van der Waals surface area contributed by atoms with Gasteiger partial charge in [0.1, 0.15) is 0 Å². The molecule has 2 aromatic carbocycles. The number of hydrogen-bond acceptors (Lipinski definition) is 3. The van der Waals surface area contributed by atoms with E-state index in [1.165, 1.54) is 0 Å². The van der Waals surface area contributed by atoms with Crippen LogP contribution in [0.15, 0.2) is 29.8 Å². The fourth-order valence-electron chi connectivity index (χ4n) is 3.18. The van der Waals surface area contributed by atoms with Crippen molar-refractivity contribution in [2.24, 2.45) is 0 Å². The summed E-state index contributed by atoms with van der Waals surface area (Å²) in [6, 6.07) is 5.91. The molecule has 23 heavy (non-hydrogen) atoms. The Morgan fingerprint density at radius 3 is 2.61 bits per heavy atom. The van der Waals surface area contributed by atoms with Crippen molar-refractivity contribution < 1.29 is 14.6 Å². The average molecular weight is 310 g/mol. The molecule has 0 saturated carbocycles. The van der Waals surface area contributed by atoms with Gasteiger partial charge < -0.3 is 9.84 Å². The number of aromatic hydroxyl groups is 1. The molecule has 2 aromatic rings. The van der Waals surface area contributed by atoms with Crippen LogP contribution in [0.4, 0.5) is 0 Å². The molecule has 0 aromatic heterocycles. The number of carbonyl (C=O) groups excluding carboxylic acids is 1. The second kappa shape index (κ2) is 5.41. The molecule has 0 unspecified atom stereocenters. The second-order valence-electron chi connectivity index (χ2n) is 6.80. The lowest BCUT2D eigenvalue weighted by molar-refractivity contribution is 0.0838. The number of ether oxygens (including phenoxy) is 1. The quantitative estimate of drug-likeness (QED) is 0.804. The van der Waals surface area contributed by atoms with Crippen LogP contribution in [-0.4, -0.2) is 17.0 Å². The number of benzene rings is 2. The molecule has 0 amide bonds. The topological polar surface area (TPSA) is 46.5 Å². The zero-order valence-electron chi connectivity index (χ0n) is 14.2. The Balaban J connectivity index is 2.38. The third kappa shape index (κ3) is 2.40. The van der Waals surface area contributed by atoms with Crippen LogP contribution in [0.3, 0.4) is 0 Å². The van der Waals surface area contributed by atoms with E-state index in [1.54, 1.807) is 0 Å². The van der Waals surface area contributed by atoms with Crippen LogP contribution in [0.2, 0.25) is 0 Å². The molecule has 1 atom stereocenters. The van der Waals surface area contributed by atoms with Gasteiger partial charge in [0.25, 0.3) is 0 Å². The summed E-state index contributed by atoms with van der Waals surface area (Å²) in [5.41, 5.74) is 3.43. The van der Waals surface area contributed by atoms with Gasteiger partial charge in [-0.15, -0.1) is 0 Å². The number of aryl methyl sites for hydroxylation is 1. The van der Waals surface area contributed by atoms with Gasteiger partial charge in [-0.25, -0.2) is 0 Å². The van der Waals surface area contributed by atoms with Crippen LogP contribution in [-0.2, 0) is 0 Å². The van der Waals surface area contributed by atoms with Gasteiger partial charge in [-0.3, -0.25) is 4.79 Å². The molecule has 3 nitrogen and oxygen atoms in total. The number of carbonyl (C=O) groups is 1. The highest BCUT2D eigenvalue weighted by Crippen LogP contribution is 2.46. The molecule has 0 spiro atoms. The molecule has 0 saturated heterocycles. The predicted octanol–water partition coefficient (Wildman–Crippen LogP) is 4.89. The molecule has 1 aliphatic heterocycles. The molecule has 0 aliphatic carbocycles. The number of phenols is 1. The van der Waals surface area contributed by atoms with Gasteiger partial charge in [0.2, 0.25) is 5.78 Å². The Bertz CT molecular complexity index is 840. The van der Waals surface area contributed by atoms with Crippen molar-refractivity contribution in [3.63, 3.8) is 0 Å². The van der Waals surface area contributed by atoms with Crippen LogP contribution < -0.4 is 4.74 Å². The lowest BCUT2D eigenvalue weighted by Crippen LogP contribution is -2.30. The van der Waals surface area contributed by atoms with E-state index in [-0.39, 0.29) is 17.5 Å². The minimum Gasteiger partial charge on any atom is -0.504 e. The van der Waals surface area contributed by atoms with Crippen molar-refractivity contribution in [1.82, 2.24) is 0 Å². The van der Waals surface area contributed by atoms with Crippen LogP contribution in [0.1, 0.15) is 55.1 Å². The Labute approximate surface area is 136 Å². The van der Waals surface area contributed by atoms with E-state index in [4.69, 9.17) is 4.74 Å². The van der Waals surface area contributed by atoms with Gasteiger partial charge in [-0.05, 0) is 49.8 Å². The number of Topliss-reactive ketones (excluding diaryl/α,β-unsaturated/α-hetero) is 1. The molecule has 1 aliphatic rings. The molecule has 120 valence electrons. The van der Waals surface area contributed by atoms with Gasteiger partial charge in [-0.2, -0.15) is 0 Å². The van der Waals surface area contributed by atoms with Gasteiger partial charge in [0.05, 0.1) is 0 Å². The lowest BCUT2D eigenvalue weighted by Gasteiger charge is -2.27. The fraction of sp³-hybridized carbons (Fsp3) is 0.350. The molecular formula is C20H22O3. The summed E-state index contributed by atoms with van der Waals surface area (Å²) in [5, 5.41) is 12.4. The Morgan fingerprint density at radius 2 is 2.00 bits per heavy atom.